The van der Waals surface area contributed by atoms with Crippen LogP contribution in [0, 0.1) is 16.7 Å². The SMILES string of the molecule is Cl.N#CCCSCc1csc(NC(=N)N)n1. The molecule has 5 nitrogen and oxygen atoms in total. The molecule has 0 aliphatic carbocycles. The van der Waals surface area contributed by atoms with E-state index in [-0.39, 0.29) is 18.4 Å². The first-order chi connectivity index (χ1) is 7.22. The molecule has 1 heterocycles. The van der Waals surface area contributed by atoms with E-state index in [2.05, 4.69) is 16.4 Å². The van der Waals surface area contributed by atoms with Crippen LogP contribution in [0.2, 0.25) is 0 Å². The van der Waals surface area contributed by atoms with E-state index in [9.17, 15) is 0 Å². The normalized spacial score (nSPS) is 8.94. The van der Waals surface area contributed by atoms with Crippen LogP contribution < -0.4 is 11.1 Å². The van der Waals surface area contributed by atoms with Gasteiger partial charge in [0.15, 0.2) is 11.1 Å². The smallest absolute Gasteiger partial charge is 0.192 e. The standard InChI is InChI=1S/C8H11N5S2.ClH/c9-2-1-3-14-4-6-5-15-8(12-6)13-7(10)11;/h5H,1,3-4H2,(H4,10,11,12,13);1H. The van der Waals surface area contributed by atoms with E-state index in [4.69, 9.17) is 16.4 Å². The lowest BCUT2D eigenvalue weighted by Crippen LogP contribution is -2.20. The van der Waals surface area contributed by atoms with Gasteiger partial charge in [-0.3, -0.25) is 5.41 Å². The number of guanidine groups is 1. The fourth-order valence-electron chi connectivity index (χ4n) is 0.840. The zero-order valence-corrected chi connectivity index (χ0v) is 10.8. The molecular weight excluding hydrogens is 266 g/mol. The third-order valence-corrected chi connectivity index (χ3v) is 3.20. The van der Waals surface area contributed by atoms with Gasteiger partial charge in [-0.1, -0.05) is 0 Å². The Morgan fingerprint density at radius 3 is 3.12 bits per heavy atom. The number of anilines is 1. The van der Waals surface area contributed by atoms with E-state index in [1.165, 1.54) is 11.3 Å². The Bertz CT molecular complexity index is 373. The van der Waals surface area contributed by atoms with Crippen molar-refractivity contribution < 1.29 is 0 Å². The van der Waals surface area contributed by atoms with Crippen LogP contribution in [0.4, 0.5) is 5.13 Å². The van der Waals surface area contributed by atoms with Crippen LogP contribution in [0.3, 0.4) is 0 Å². The van der Waals surface area contributed by atoms with E-state index in [1.54, 1.807) is 11.8 Å². The molecule has 0 fully saturated rings. The van der Waals surface area contributed by atoms with Gasteiger partial charge in [0.25, 0.3) is 0 Å². The van der Waals surface area contributed by atoms with E-state index in [1.807, 2.05) is 5.38 Å². The lowest BCUT2D eigenvalue weighted by Gasteiger charge is -1.96. The summed E-state index contributed by atoms with van der Waals surface area (Å²) in [7, 11) is 0. The Morgan fingerprint density at radius 2 is 2.50 bits per heavy atom. The second-order valence-electron chi connectivity index (χ2n) is 2.64. The summed E-state index contributed by atoms with van der Waals surface area (Å²) in [6, 6.07) is 2.09. The number of thioether (sulfide) groups is 1. The molecule has 1 aromatic rings. The first kappa shape index (κ1) is 15.0. The quantitative estimate of drug-likeness (QED) is 0.434. The largest absolute Gasteiger partial charge is 0.370 e. The summed E-state index contributed by atoms with van der Waals surface area (Å²) in [5, 5.41) is 20.6. The van der Waals surface area contributed by atoms with Crippen molar-refractivity contribution in [2.75, 3.05) is 11.1 Å². The van der Waals surface area contributed by atoms with Crippen molar-refractivity contribution in [3.8, 4) is 6.07 Å². The minimum atomic E-state index is -0.104. The molecule has 0 atom stereocenters. The van der Waals surface area contributed by atoms with E-state index >= 15 is 0 Å². The maximum atomic E-state index is 8.34. The predicted octanol–water partition coefficient (Wildman–Crippen LogP) is 2.02. The van der Waals surface area contributed by atoms with Crippen LogP contribution in [0.1, 0.15) is 12.1 Å². The Kier molecular flexibility index (Phi) is 7.72. The second-order valence-corrected chi connectivity index (χ2v) is 4.61. The summed E-state index contributed by atoms with van der Waals surface area (Å²) in [5.74, 6) is 1.51. The number of nitrogens with zero attached hydrogens (tertiary/aromatic N) is 2. The first-order valence-electron chi connectivity index (χ1n) is 4.22. The van der Waals surface area contributed by atoms with Gasteiger partial charge in [0.05, 0.1) is 11.8 Å². The van der Waals surface area contributed by atoms with Gasteiger partial charge in [-0.25, -0.2) is 4.98 Å². The minimum absolute atomic E-state index is 0. The fourth-order valence-corrected chi connectivity index (χ4v) is 2.41. The van der Waals surface area contributed by atoms with Gasteiger partial charge in [-0.15, -0.1) is 23.7 Å². The molecule has 0 aliphatic heterocycles. The van der Waals surface area contributed by atoms with Crippen molar-refractivity contribution in [3.05, 3.63) is 11.1 Å². The van der Waals surface area contributed by atoms with Crippen LogP contribution in [-0.4, -0.2) is 16.7 Å². The summed E-state index contributed by atoms with van der Waals surface area (Å²) >= 11 is 3.09. The monoisotopic (exact) mass is 277 g/mol. The second kappa shape index (κ2) is 8.21. The molecule has 0 saturated heterocycles. The molecule has 0 saturated carbocycles. The highest BCUT2D eigenvalue weighted by Crippen LogP contribution is 2.19. The van der Waals surface area contributed by atoms with Crippen LogP contribution in [-0.2, 0) is 5.75 Å². The lowest BCUT2D eigenvalue weighted by atomic mass is 10.6. The van der Waals surface area contributed by atoms with Gasteiger partial charge in [-0.05, 0) is 0 Å². The highest BCUT2D eigenvalue weighted by atomic mass is 35.5. The summed E-state index contributed by atoms with van der Waals surface area (Å²) in [6.07, 6.45) is 0.563. The van der Waals surface area contributed by atoms with Crippen LogP contribution in [0.15, 0.2) is 5.38 Å². The summed E-state index contributed by atoms with van der Waals surface area (Å²) < 4.78 is 0. The maximum Gasteiger partial charge on any atom is 0.192 e. The molecule has 0 unspecified atom stereocenters. The van der Waals surface area contributed by atoms with Gasteiger partial charge < -0.3 is 11.1 Å². The zero-order chi connectivity index (χ0) is 11.1. The number of hydrogen-bond acceptors (Lipinski definition) is 5. The summed E-state index contributed by atoms with van der Waals surface area (Å²) in [5.41, 5.74) is 6.12. The van der Waals surface area contributed by atoms with Crippen molar-refractivity contribution in [2.24, 2.45) is 5.73 Å². The molecule has 0 aliphatic rings. The maximum absolute atomic E-state index is 8.34. The number of halogens is 1. The molecule has 16 heavy (non-hydrogen) atoms. The first-order valence-corrected chi connectivity index (χ1v) is 6.26. The molecule has 1 aromatic heterocycles. The van der Waals surface area contributed by atoms with Crippen LogP contribution in [0.5, 0.6) is 0 Å². The Hall–Kier alpha value is -0.970. The molecule has 0 amide bonds. The fraction of sp³-hybridized carbons (Fsp3) is 0.375. The Labute approximate surface area is 108 Å². The molecule has 8 heteroatoms. The van der Waals surface area contributed by atoms with Gasteiger partial charge in [0.1, 0.15) is 0 Å². The number of hydrogen-bond donors (Lipinski definition) is 3. The highest BCUT2D eigenvalue weighted by molar-refractivity contribution is 7.98. The van der Waals surface area contributed by atoms with E-state index in [0.717, 1.165) is 17.2 Å². The highest BCUT2D eigenvalue weighted by Gasteiger charge is 2.02. The van der Waals surface area contributed by atoms with E-state index in [0.29, 0.717) is 11.6 Å². The molecule has 0 radical (unpaired) electrons. The molecule has 0 aromatic carbocycles. The third kappa shape index (κ3) is 5.80. The van der Waals surface area contributed by atoms with Crippen molar-refractivity contribution >= 4 is 46.6 Å². The lowest BCUT2D eigenvalue weighted by molar-refractivity contribution is 1.20. The number of rotatable bonds is 5. The van der Waals surface area contributed by atoms with Crippen LogP contribution in [0.25, 0.3) is 0 Å². The minimum Gasteiger partial charge on any atom is -0.370 e. The molecule has 4 N–H and O–H groups in total. The Balaban J connectivity index is 0.00000225. The number of nitriles is 1. The summed E-state index contributed by atoms with van der Waals surface area (Å²) in [6.45, 7) is 0. The molecule has 0 bridgehead atoms. The zero-order valence-electron chi connectivity index (χ0n) is 8.40. The predicted molar refractivity (Wildman–Crippen MR) is 71.3 cm³/mol. The van der Waals surface area contributed by atoms with Gasteiger partial charge in [0, 0.05) is 23.3 Å². The van der Waals surface area contributed by atoms with Gasteiger partial charge in [0.2, 0.25) is 0 Å². The van der Waals surface area contributed by atoms with E-state index < -0.39 is 0 Å². The molecule has 1 rings (SSSR count). The van der Waals surface area contributed by atoms with Crippen molar-refractivity contribution in [1.82, 2.24) is 4.98 Å². The average Bonchev–Trinajstić information content (AvgIpc) is 2.59. The molecule has 0 spiro atoms. The average molecular weight is 278 g/mol. The van der Waals surface area contributed by atoms with Crippen LogP contribution >= 0.6 is 35.5 Å². The van der Waals surface area contributed by atoms with Crippen molar-refractivity contribution in [2.45, 2.75) is 12.2 Å². The number of nitrogens with one attached hydrogen (secondary N) is 2. The summed E-state index contributed by atoms with van der Waals surface area (Å²) in [4.78, 5) is 4.23. The Morgan fingerprint density at radius 1 is 1.75 bits per heavy atom. The van der Waals surface area contributed by atoms with Gasteiger partial charge >= 0.3 is 0 Å². The topological polar surface area (TPSA) is 98.6 Å². The number of aromatic nitrogens is 1. The van der Waals surface area contributed by atoms with Crippen molar-refractivity contribution in [1.29, 1.82) is 10.7 Å². The van der Waals surface area contributed by atoms with Crippen molar-refractivity contribution in [3.63, 3.8) is 0 Å². The third-order valence-electron chi connectivity index (χ3n) is 1.40. The number of thiazole rings is 1. The molecular formula is C8H12ClN5S2. The number of nitrogens with two attached hydrogens (primary N) is 1. The van der Waals surface area contributed by atoms with Gasteiger partial charge in [-0.2, -0.15) is 17.0 Å². The molecule has 88 valence electrons.